The van der Waals surface area contributed by atoms with Crippen molar-refractivity contribution in [1.82, 2.24) is 4.90 Å². The van der Waals surface area contributed by atoms with Gasteiger partial charge >= 0.3 is 0 Å². The van der Waals surface area contributed by atoms with Gasteiger partial charge in [0.2, 0.25) is 0 Å². The highest BCUT2D eigenvalue weighted by Gasteiger charge is 2.09. The first-order valence-electron chi connectivity index (χ1n) is 5.65. The lowest BCUT2D eigenvalue weighted by molar-refractivity contribution is 0.0943. The minimum Gasteiger partial charge on any atom is -0.294 e. The fourth-order valence-corrected chi connectivity index (χ4v) is 2.84. The molecule has 4 heteroatoms. The normalized spacial score (nSPS) is 10.8. The molecule has 0 saturated carbocycles. The van der Waals surface area contributed by atoms with Gasteiger partial charge in [0.25, 0.3) is 0 Å². The number of thiophene rings is 1. The number of carbonyl (C=O) groups is 1. The molecule has 0 atom stereocenters. The van der Waals surface area contributed by atoms with Gasteiger partial charge < -0.3 is 0 Å². The Balaban J connectivity index is 1.92. The van der Waals surface area contributed by atoms with Crippen LogP contribution in [0.3, 0.4) is 0 Å². The van der Waals surface area contributed by atoms with E-state index in [9.17, 15) is 4.79 Å². The summed E-state index contributed by atoms with van der Waals surface area (Å²) in [6, 6.07) is 11.8. The van der Waals surface area contributed by atoms with E-state index in [1.165, 1.54) is 4.88 Å². The van der Waals surface area contributed by atoms with Crippen LogP contribution in [0.5, 0.6) is 0 Å². The average Bonchev–Trinajstić information content (AvgIpc) is 2.82. The van der Waals surface area contributed by atoms with Crippen LogP contribution in [0.1, 0.15) is 15.2 Å². The van der Waals surface area contributed by atoms with E-state index in [-0.39, 0.29) is 5.78 Å². The van der Waals surface area contributed by atoms with Gasteiger partial charge in [-0.1, -0.05) is 18.2 Å². The van der Waals surface area contributed by atoms with Crippen molar-refractivity contribution in [3.8, 4) is 0 Å². The Kier molecular flexibility index (Phi) is 4.91. The third-order valence-electron chi connectivity index (χ3n) is 2.59. The highest BCUT2D eigenvalue weighted by molar-refractivity contribution is 14.1. The summed E-state index contributed by atoms with van der Waals surface area (Å²) in [5.41, 5.74) is 0.786. The molecular weight excluding hydrogens is 357 g/mol. The molecule has 94 valence electrons. The zero-order valence-corrected chi connectivity index (χ0v) is 13.1. The zero-order chi connectivity index (χ0) is 13.0. The van der Waals surface area contributed by atoms with Crippen molar-refractivity contribution in [2.45, 2.75) is 6.54 Å². The Morgan fingerprint density at radius 3 is 2.61 bits per heavy atom. The summed E-state index contributed by atoms with van der Waals surface area (Å²) in [5.74, 6) is 0.172. The van der Waals surface area contributed by atoms with Crippen molar-refractivity contribution >= 4 is 39.7 Å². The molecule has 0 unspecified atom stereocenters. The molecule has 2 nitrogen and oxygen atoms in total. The highest BCUT2D eigenvalue weighted by atomic mass is 127. The van der Waals surface area contributed by atoms with Gasteiger partial charge in [-0.3, -0.25) is 9.69 Å². The fourth-order valence-electron chi connectivity index (χ4n) is 1.70. The Morgan fingerprint density at radius 1 is 1.28 bits per heavy atom. The number of likely N-dealkylation sites (N-methyl/N-ethyl adjacent to an activating group) is 1. The third-order valence-corrected chi connectivity index (χ3v) is 4.17. The number of halogens is 1. The lowest BCUT2D eigenvalue weighted by Crippen LogP contribution is -2.25. The second-order valence-electron chi connectivity index (χ2n) is 4.18. The van der Waals surface area contributed by atoms with Crippen molar-refractivity contribution < 1.29 is 4.79 Å². The first kappa shape index (κ1) is 13.7. The molecule has 2 rings (SSSR count). The van der Waals surface area contributed by atoms with Gasteiger partial charge in [0.05, 0.1) is 6.54 Å². The summed E-state index contributed by atoms with van der Waals surface area (Å²) in [6.07, 6.45) is 0. The second kappa shape index (κ2) is 6.45. The summed E-state index contributed by atoms with van der Waals surface area (Å²) < 4.78 is 1.15. The number of hydrogen-bond acceptors (Lipinski definition) is 3. The van der Waals surface area contributed by atoms with Crippen LogP contribution in [-0.4, -0.2) is 24.3 Å². The van der Waals surface area contributed by atoms with E-state index in [1.807, 2.05) is 42.3 Å². The van der Waals surface area contributed by atoms with Crippen LogP contribution in [0, 0.1) is 3.57 Å². The molecule has 1 aromatic heterocycles. The second-order valence-corrected chi connectivity index (χ2v) is 6.46. The first-order valence-corrected chi connectivity index (χ1v) is 7.60. The van der Waals surface area contributed by atoms with Gasteiger partial charge in [-0.15, -0.1) is 11.3 Å². The third kappa shape index (κ3) is 3.90. The molecule has 0 aliphatic carbocycles. The molecule has 0 spiro atoms. The summed E-state index contributed by atoms with van der Waals surface area (Å²) in [6.45, 7) is 1.28. The minimum atomic E-state index is 0.172. The van der Waals surface area contributed by atoms with Crippen LogP contribution in [0.2, 0.25) is 0 Å². The number of hydrogen-bond donors (Lipinski definition) is 0. The van der Waals surface area contributed by atoms with Crippen LogP contribution in [0.25, 0.3) is 0 Å². The summed E-state index contributed by atoms with van der Waals surface area (Å²) in [4.78, 5) is 15.4. The number of ketones is 1. The van der Waals surface area contributed by atoms with Crippen LogP contribution in [-0.2, 0) is 6.54 Å². The van der Waals surface area contributed by atoms with Gasteiger partial charge in [-0.2, -0.15) is 0 Å². The summed E-state index contributed by atoms with van der Waals surface area (Å²) in [7, 11) is 1.98. The average molecular weight is 371 g/mol. The quantitative estimate of drug-likeness (QED) is 0.591. The molecule has 0 bridgehead atoms. The van der Waals surface area contributed by atoms with E-state index < -0.39 is 0 Å². The van der Waals surface area contributed by atoms with Crippen LogP contribution in [0.4, 0.5) is 0 Å². The molecule has 0 radical (unpaired) electrons. The molecule has 18 heavy (non-hydrogen) atoms. The molecule has 0 aliphatic rings. The fraction of sp³-hybridized carbons (Fsp3) is 0.214. The standard InChI is InChI=1S/C14H14INOS/c1-16(9-13-3-2-8-18-13)10-14(17)11-4-6-12(15)7-5-11/h2-8H,9-10H2,1H3. The number of carbonyl (C=O) groups excluding carboxylic acids is 1. The molecule has 0 aliphatic heterocycles. The molecule has 0 fully saturated rings. The van der Waals surface area contributed by atoms with E-state index in [0.29, 0.717) is 6.54 Å². The Bertz CT molecular complexity index is 507. The molecule has 0 N–H and O–H groups in total. The van der Waals surface area contributed by atoms with Gasteiger partial charge in [0.15, 0.2) is 5.78 Å². The lowest BCUT2D eigenvalue weighted by Gasteiger charge is -2.14. The molecule has 0 saturated heterocycles. The van der Waals surface area contributed by atoms with E-state index in [2.05, 4.69) is 34.0 Å². The molecule has 0 amide bonds. The van der Waals surface area contributed by atoms with E-state index in [1.54, 1.807) is 11.3 Å². The topological polar surface area (TPSA) is 20.3 Å². The predicted octanol–water partition coefficient (Wildman–Crippen LogP) is 3.67. The lowest BCUT2D eigenvalue weighted by atomic mass is 10.1. The Morgan fingerprint density at radius 2 is 2.00 bits per heavy atom. The number of rotatable bonds is 5. The van der Waals surface area contributed by atoms with Gasteiger partial charge in [0.1, 0.15) is 0 Å². The van der Waals surface area contributed by atoms with Crippen molar-refractivity contribution in [2.24, 2.45) is 0 Å². The van der Waals surface area contributed by atoms with Gasteiger partial charge in [0, 0.05) is 20.6 Å². The van der Waals surface area contributed by atoms with Crippen LogP contribution in [0.15, 0.2) is 41.8 Å². The largest absolute Gasteiger partial charge is 0.294 e. The number of Topliss-reactive ketones (excluding diaryl/α,β-unsaturated/α-hetero) is 1. The number of benzene rings is 1. The van der Waals surface area contributed by atoms with Gasteiger partial charge in [-0.05, 0) is 53.2 Å². The van der Waals surface area contributed by atoms with Gasteiger partial charge in [-0.25, -0.2) is 0 Å². The summed E-state index contributed by atoms with van der Waals surface area (Å²) >= 11 is 3.96. The molecular formula is C14H14INOS. The van der Waals surface area contributed by atoms with E-state index in [4.69, 9.17) is 0 Å². The van der Waals surface area contributed by atoms with Crippen molar-refractivity contribution in [1.29, 1.82) is 0 Å². The van der Waals surface area contributed by atoms with Crippen molar-refractivity contribution in [2.75, 3.05) is 13.6 Å². The summed E-state index contributed by atoms with van der Waals surface area (Å²) in [5, 5.41) is 2.06. The smallest absolute Gasteiger partial charge is 0.176 e. The number of nitrogens with zero attached hydrogens (tertiary/aromatic N) is 1. The minimum absolute atomic E-state index is 0.172. The van der Waals surface area contributed by atoms with Crippen molar-refractivity contribution in [3.63, 3.8) is 0 Å². The molecule has 1 aromatic carbocycles. The predicted molar refractivity (Wildman–Crippen MR) is 84.1 cm³/mol. The maximum Gasteiger partial charge on any atom is 0.176 e. The zero-order valence-electron chi connectivity index (χ0n) is 10.1. The monoisotopic (exact) mass is 371 g/mol. The SMILES string of the molecule is CN(CC(=O)c1ccc(I)cc1)Cc1cccs1. The Labute approximate surface area is 125 Å². The maximum absolute atomic E-state index is 12.1. The van der Waals surface area contributed by atoms with Crippen LogP contribution < -0.4 is 0 Å². The Hall–Kier alpha value is -0.720. The van der Waals surface area contributed by atoms with E-state index >= 15 is 0 Å². The van der Waals surface area contributed by atoms with Crippen LogP contribution >= 0.6 is 33.9 Å². The first-order chi connectivity index (χ1) is 8.65. The molecule has 1 heterocycles. The highest BCUT2D eigenvalue weighted by Crippen LogP contribution is 2.12. The van der Waals surface area contributed by atoms with Crippen molar-refractivity contribution in [3.05, 3.63) is 55.8 Å². The maximum atomic E-state index is 12.1. The van der Waals surface area contributed by atoms with E-state index in [0.717, 1.165) is 15.7 Å². The molecule has 2 aromatic rings.